The summed E-state index contributed by atoms with van der Waals surface area (Å²) >= 11 is 0. The monoisotopic (exact) mass is 416 g/mol. The van der Waals surface area contributed by atoms with Crippen LogP contribution in [0, 0.1) is 6.92 Å². The van der Waals surface area contributed by atoms with E-state index in [1.165, 1.54) is 12.5 Å². The number of H-pyrrole nitrogens is 1. The molecule has 0 aliphatic carbocycles. The van der Waals surface area contributed by atoms with Crippen LogP contribution < -0.4 is 16.2 Å². The van der Waals surface area contributed by atoms with Gasteiger partial charge in [-0.2, -0.15) is 0 Å². The Labute approximate surface area is 179 Å². The molecule has 1 amide bonds. The van der Waals surface area contributed by atoms with Crippen LogP contribution in [-0.4, -0.2) is 32.0 Å². The van der Waals surface area contributed by atoms with Gasteiger partial charge in [-0.3, -0.25) is 14.2 Å². The molecule has 4 rings (SSSR count). The van der Waals surface area contributed by atoms with E-state index in [1.807, 2.05) is 31.2 Å². The van der Waals surface area contributed by atoms with Crippen molar-refractivity contribution >= 4 is 22.8 Å². The van der Waals surface area contributed by atoms with Crippen LogP contribution in [0.1, 0.15) is 23.7 Å². The van der Waals surface area contributed by atoms with Crippen LogP contribution in [0.25, 0.3) is 16.7 Å². The highest BCUT2D eigenvalue weighted by atomic mass is 16.1. The summed E-state index contributed by atoms with van der Waals surface area (Å²) in [5.41, 5.74) is 3.90. The SMILES string of the molecule is CC(=O)NCc1cnc2[nH]cc(-n3c(C)cnc(NCCc4ccccc4)c3=O)c2c1. The van der Waals surface area contributed by atoms with Crippen LogP contribution in [0.3, 0.4) is 0 Å². The van der Waals surface area contributed by atoms with E-state index in [2.05, 4.69) is 37.7 Å². The van der Waals surface area contributed by atoms with E-state index in [-0.39, 0.29) is 11.5 Å². The summed E-state index contributed by atoms with van der Waals surface area (Å²) in [5.74, 6) is 0.194. The molecular formula is C23H24N6O2. The average Bonchev–Trinajstić information content (AvgIpc) is 3.18. The van der Waals surface area contributed by atoms with Crippen molar-refractivity contribution < 1.29 is 4.79 Å². The fourth-order valence-electron chi connectivity index (χ4n) is 3.47. The van der Waals surface area contributed by atoms with Crippen LogP contribution in [0.15, 0.2) is 59.8 Å². The zero-order valence-corrected chi connectivity index (χ0v) is 17.5. The van der Waals surface area contributed by atoms with Gasteiger partial charge in [0.05, 0.1) is 5.69 Å². The molecule has 0 aliphatic heterocycles. The van der Waals surface area contributed by atoms with E-state index in [9.17, 15) is 9.59 Å². The number of rotatable bonds is 7. The second-order valence-corrected chi connectivity index (χ2v) is 7.37. The third-order valence-electron chi connectivity index (χ3n) is 5.04. The number of amides is 1. The fourth-order valence-corrected chi connectivity index (χ4v) is 3.47. The quantitative estimate of drug-likeness (QED) is 0.430. The highest BCUT2D eigenvalue weighted by Gasteiger charge is 2.14. The first-order valence-electron chi connectivity index (χ1n) is 10.1. The Hall–Kier alpha value is -3.94. The lowest BCUT2D eigenvalue weighted by Crippen LogP contribution is -2.26. The summed E-state index contributed by atoms with van der Waals surface area (Å²) in [5, 5.41) is 6.73. The predicted octanol–water partition coefficient (Wildman–Crippen LogP) is 2.71. The van der Waals surface area contributed by atoms with Gasteiger partial charge in [-0.15, -0.1) is 0 Å². The molecule has 1 aromatic carbocycles. The number of aryl methyl sites for hydroxylation is 1. The minimum absolute atomic E-state index is 0.109. The predicted molar refractivity (Wildman–Crippen MR) is 120 cm³/mol. The van der Waals surface area contributed by atoms with Crippen molar-refractivity contribution in [1.82, 2.24) is 24.8 Å². The smallest absolute Gasteiger partial charge is 0.298 e. The number of anilines is 1. The van der Waals surface area contributed by atoms with E-state index in [0.717, 1.165) is 17.4 Å². The number of fused-ring (bicyclic) bond motifs is 1. The van der Waals surface area contributed by atoms with Crippen molar-refractivity contribution in [3.8, 4) is 5.69 Å². The van der Waals surface area contributed by atoms with Gasteiger partial charge < -0.3 is 15.6 Å². The summed E-state index contributed by atoms with van der Waals surface area (Å²) in [6.45, 7) is 4.29. The Kier molecular flexibility index (Phi) is 5.79. The van der Waals surface area contributed by atoms with Crippen LogP contribution in [0.2, 0.25) is 0 Å². The zero-order valence-electron chi connectivity index (χ0n) is 17.5. The number of hydrogen-bond acceptors (Lipinski definition) is 5. The van der Waals surface area contributed by atoms with Gasteiger partial charge in [0.15, 0.2) is 5.82 Å². The molecule has 0 aliphatic rings. The maximum absolute atomic E-state index is 13.2. The van der Waals surface area contributed by atoms with Crippen LogP contribution in [0.5, 0.6) is 0 Å². The summed E-state index contributed by atoms with van der Waals surface area (Å²) in [6.07, 6.45) is 5.94. The molecule has 3 N–H and O–H groups in total. The zero-order chi connectivity index (χ0) is 21.8. The van der Waals surface area contributed by atoms with Crippen molar-refractivity contribution in [3.63, 3.8) is 0 Å². The van der Waals surface area contributed by atoms with Gasteiger partial charge in [0, 0.05) is 49.7 Å². The van der Waals surface area contributed by atoms with Gasteiger partial charge in [0.2, 0.25) is 5.91 Å². The molecule has 8 nitrogen and oxygen atoms in total. The third kappa shape index (κ3) is 4.48. The summed E-state index contributed by atoms with van der Waals surface area (Å²) < 4.78 is 1.63. The number of aromatic amines is 1. The summed E-state index contributed by atoms with van der Waals surface area (Å²) in [7, 11) is 0. The number of hydrogen-bond donors (Lipinski definition) is 3. The van der Waals surface area contributed by atoms with Gasteiger partial charge in [-0.05, 0) is 30.5 Å². The van der Waals surface area contributed by atoms with Crippen molar-refractivity contribution in [3.05, 3.63) is 82.2 Å². The number of nitrogens with one attached hydrogen (secondary N) is 3. The first-order valence-corrected chi connectivity index (χ1v) is 10.1. The molecule has 0 saturated heterocycles. The second-order valence-electron chi connectivity index (χ2n) is 7.37. The van der Waals surface area contributed by atoms with Gasteiger partial charge in [0.1, 0.15) is 5.65 Å². The number of carbonyl (C=O) groups excluding carboxylic acids is 1. The average molecular weight is 416 g/mol. The number of nitrogens with zero attached hydrogens (tertiary/aromatic N) is 3. The van der Waals surface area contributed by atoms with Gasteiger partial charge in [0.25, 0.3) is 5.56 Å². The molecule has 3 aromatic heterocycles. The molecule has 0 radical (unpaired) electrons. The fraction of sp³-hybridized carbons (Fsp3) is 0.217. The van der Waals surface area contributed by atoms with E-state index >= 15 is 0 Å². The largest absolute Gasteiger partial charge is 0.365 e. The molecule has 0 spiro atoms. The first kappa shape index (κ1) is 20.3. The Morgan fingerprint density at radius 1 is 1.13 bits per heavy atom. The highest BCUT2D eigenvalue weighted by Crippen LogP contribution is 2.22. The molecule has 0 bridgehead atoms. The van der Waals surface area contributed by atoms with Crippen LogP contribution >= 0.6 is 0 Å². The van der Waals surface area contributed by atoms with E-state index in [0.29, 0.717) is 35.9 Å². The van der Waals surface area contributed by atoms with Crippen LogP contribution in [0.4, 0.5) is 5.82 Å². The molecule has 0 unspecified atom stereocenters. The molecule has 4 aromatic rings. The Morgan fingerprint density at radius 2 is 1.94 bits per heavy atom. The van der Waals surface area contributed by atoms with Crippen LogP contribution in [-0.2, 0) is 17.8 Å². The minimum Gasteiger partial charge on any atom is -0.365 e. The maximum atomic E-state index is 13.2. The molecule has 0 fully saturated rings. The lowest BCUT2D eigenvalue weighted by molar-refractivity contribution is -0.119. The standard InChI is InChI=1S/C23H24N6O2/c1-15-11-26-22(24-9-8-17-6-4-3-5-7-17)23(31)29(15)20-14-28-21-19(20)10-18(13-27-21)12-25-16(2)30/h3-7,10-11,13-14H,8-9,12H2,1-2H3,(H,24,26)(H,25,30)(H,27,28). The van der Waals surface area contributed by atoms with Crippen molar-refractivity contribution in [2.45, 2.75) is 26.8 Å². The molecule has 31 heavy (non-hydrogen) atoms. The number of carbonyl (C=O) groups is 1. The van der Waals surface area contributed by atoms with E-state index in [4.69, 9.17) is 0 Å². The second kappa shape index (κ2) is 8.83. The first-order chi connectivity index (χ1) is 15.0. The molecular weight excluding hydrogens is 392 g/mol. The van der Waals surface area contributed by atoms with Crippen molar-refractivity contribution in [1.29, 1.82) is 0 Å². The van der Waals surface area contributed by atoms with E-state index < -0.39 is 0 Å². The van der Waals surface area contributed by atoms with Gasteiger partial charge in [-0.1, -0.05) is 30.3 Å². The third-order valence-corrected chi connectivity index (χ3v) is 5.04. The minimum atomic E-state index is -0.221. The Balaban J connectivity index is 1.63. The molecule has 158 valence electrons. The topological polar surface area (TPSA) is 105 Å². The normalized spacial score (nSPS) is 10.9. The molecule has 0 saturated carbocycles. The number of benzene rings is 1. The molecule has 0 atom stereocenters. The maximum Gasteiger partial charge on any atom is 0.298 e. The van der Waals surface area contributed by atoms with Gasteiger partial charge in [-0.25, -0.2) is 9.97 Å². The summed E-state index contributed by atoms with van der Waals surface area (Å²) in [6, 6.07) is 12.0. The summed E-state index contributed by atoms with van der Waals surface area (Å²) in [4.78, 5) is 36.3. The van der Waals surface area contributed by atoms with E-state index in [1.54, 1.807) is 23.2 Å². The Bertz CT molecular complexity index is 1280. The van der Waals surface area contributed by atoms with Crippen molar-refractivity contribution in [2.75, 3.05) is 11.9 Å². The van der Waals surface area contributed by atoms with Crippen molar-refractivity contribution in [2.24, 2.45) is 0 Å². The lowest BCUT2D eigenvalue weighted by atomic mass is 10.1. The Morgan fingerprint density at radius 3 is 2.71 bits per heavy atom. The highest BCUT2D eigenvalue weighted by molar-refractivity contribution is 5.86. The molecule has 8 heteroatoms. The van der Waals surface area contributed by atoms with Gasteiger partial charge >= 0.3 is 0 Å². The lowest BCUT2D eigenvalue weighted by Gasteiger charge is -2.12. The number of aromatic nitrogens is 4. The molecule has 3 heterocycles. The number of pyridine rings is 1.